The fourth-order valence-corrected chi connectivity index (χ4v) is 2.15. The zero-order chi connectivity index (χ0) is 18.2. The molecule has 8 nitrogen and oxygen atoms in total. The molecule has 1 N–H and O–H groups in total. The zero-order valence-corrected chi connectivity index (χ0v) is 14.7. The highest BCUT2D eigenvalue weighted by Gasteiger charge is 2.11. The number of non-ortho nitro benzene ring substituents is 1. The number of halogens is 1. The van der Waals surface area contributed by atoms with Crippen LogP contribution in [0.4, 0.5) is 5.69 Å². The average Bonchev–Trinajstić information content (AvgIpc) is 3.10. The van der Waals surface area contributed by atoms with Crippen LogP contribution in [0, 0.1) is 10.1 Å². The molecule has 2 aromatic rings. The lowest BCUT2D eigenvalue weighted by Gasteiger charge is -2.07. The molecule has 0 saturated carbocycles. The summed E-state index contributed by atoms with van der Waals surface area (Å²) < 4.78 is 10.8. The summed E-state index contributed by atoms with van der Waals surface area (Å²) in [6.07, 6.45) is 4.96. The summed E-state index contributed by atoms with van der Waals surface area (Å²) in [5.41, 5.74) is 2.84. The smallest absolute Gasteiger partial charge is 0.277 e. The molecule has 0 aliphatic rings. The molecule has 1 aromatic heterocycles. The van der Waals surface area contributed by atoms with Gasteiger partial charge < -0.3 is 9.15 Å². The summed E-state index contributed by atoms with van der Waals surface area (Å²) in [6.45, 7) is 1.43. The highest BCUT2D eigenvalue weighted by atomic mass is 79.9. The molecule has 0 atom stereocenters. The number of rotatable bonds is 7. The molecule has 9 heteroatoms. The minimum Gasteiger partial charge on any atom is -0.483 e. The number of hydrazone groups is 1. The lowest BCUT2D eigenvalue weighted by atomic mass is 10.3. The van der Waals surface area contributed by atoms with Gasteiger partial charge in [0, 0.05) is 12.1 Å². The SMILES string of the molecule is CC(/C=C/c1ccco1)=N\NC(=O)COc1ccc([N+](=O)[O-])cc1Br. The van der Waals surface area contributed by atoms with Gasteiger partial charge in [-0.15, -0.1) is 0 Å². The van der Waals surface area contributed by atoms with E-state index in [9.17, 15) is 14.9 Å². The monoisotopic (exact) mass is 407 g/mol. The number of amides is 1. The highest BCUT2D eigenvalue weighted by molar-refractivity contribution is 9.10. The molecular weight excluding hydrogens is 394 g/mol. The molecule has 0 radical (unpaired) electrons. The van der Waals surface area contributed by atoms with Crippen molar-refractivity contribution in [2.45, 2.75) is 6.92 Å². The molecule has 0 spiro atoms. The van der Waals surface area contributed by atoms with Gasteiger partial charge in [-0.2, -0.15) is 5.10 Å². The van der Waals surface area contributed by atoms with Crippen LogP contribution in [0.3, 0.4) is 0 Å². The standard InChI is InChI=1S/C16H14BrN3O5/c1-11(4-6-13-3-2-8-24-13)18-19-16(21)10-25-15-7-5-12(20(22)23)9-14(15)17/h2-9H,10H2,1H3,(H,19,21)/b6-4+,18-11+. The number of nitrogens with one attached hydrogen (secondary N) is 1. The molecule has 0 saturated heterocycles. The van der Waals surface area contributed by atoms with E-state index in [0.717, 1.165) is 0 Å². The summed E-state index contributed by atoms with van der Waals surface area (Å²) in [7, 11) is 0. The van der Waals surface area contributed by atoms with E-state index < -0.39 is 10.8 Å². The van der Waals surface area contributed by atoms with E-state index in [-0.39, 0.29) is 12.3 Å². The maximum atomic E-state index is 11.7. The zero-order valence-electron chi connectivity index (χ0n) is 13.1. The van der Waals surface area contributed by atoms with Crippen LogP contribution in [0.2, 0.25) is 0 Å². The van der Waals surface area contributed by atoms with Crippen molar-refractivity contribution >= 4 is 39.3 Å². The summed E-state index contributed by atoms with van der Waals surface area (Å²) in [5.74, 6) is 0.530. The Morgan fingerprint density at radius 3 is 2.92 bits per heavy atom. The number of nitro benzene ring substituents is 1. The normalized spacial score (nSPS) is 11.5. The molecule has 1 amide bonds. The Kier molecular flexibility index (Phi) is 6.47. The Bertz CT molecular complexity index is 815. The van der Waals surface area contributed by atoms with Crippen LogP contribution in [0.5, 0.6) is 5.75 Å². The van der Waals surface area contributed by atoms with Crippen LogP contribution in [-0.4, -0.2) is 23.1 Å². The Morgan fingerprint density at radius 1 is 1.48 bits per heavy atom. The maximum absolute atomic E-state index is 11.7. The second kappa shape index (κ2) is 8.78. The summed E-state index contributed by atoms with van der Waals surface area (Å²) >= 11 is 3.16. The van der Waals surface area contributed by atoms with Crippen LogP contribution in [0.15, 0.2) is 56.7 Å². The molecule has 1 aromatic carbocycles. The van der Waals surface area contributed by atoms with E-state index in [1.165, 1.54) is 18.2 Å². The van der Waals surface area contributed by atoms with Gasteiger partial charge in [0.1, 0.15) is 11.5 Å². The van der Waals surface area contributed by atoms with Gasteiger partial charge in [0.25, 0.3) is 11.6 Å². The highest BCUT2D eigenvalue weighted by Crippen LogP contribution is 2.28. The number of allylic oxidation sites excluding steroid dienone is 1. The van der Waals surface area contributed by atoms with Gasteiger partial charge in [-0.25, -0.2) is 5.43 Å². The van der Waals surface area contributed by atoms with Gasteiger partial charge in [-0.3, -0.25) is 14.9 Å². The third-order valence-electron chi connectivity index (χ3n) is 2.87. The number of nitro groups is 1. The number of hydrogen-bond acceptors (Lipinski definition) is 6. The summed E-state index contributed by atoms with van der Waals surface area (Å²) in [5, 5.41) is 14.6. The summed E-state index contributed by atoms with van der Waals surface area (Å²) in [6, 6.07) is 7.56. The first kappa shape index (κ1) is 18.4. The number of furan rings is 1. The van der Waals surface area contributed by atoms with E-state index in [1.807, 2.05) is 0 Å². The topological polar surface area (TPSA) is 107 Å². The lowest BCUT2D eigenvalue weighted by Crippen LogP contribution is -2.25. The van der Waals surface area contributed by atoms with Crippen LogP contribution < -0.4 is 10.2 Å². The van der Waals surface area contributed by atoms with E-state index in [0.29, 0.717) is 21.7 Å². The lowest BCUT2D eigenvalue weighted by molar-refractivity contribution is -0.384. The van der Waals surface area contributed by atoms with E-state index in [4.69, 9.17) is 9.15 Å². The van der Waals surface area contributed by atoms with Crippen molar-refractivity contribution in [1.82, 2.24) is 5.43 Å². The number of benzene rings is 1. The predicted molar refractivity (Wildman–Crippen MR) is 95.3 cm³/mol. The first-order valence-corrected chi connectivity index (χ1v) is 7.86. The van der Waals surface area contributed by atoms with Gasteiger partial charge in [0.15, 0.2) is 6.61 Å². The van der Waals surface area contributed by atoms with Crippen molar-refractivity contribution in [3.63, 3.8) is 0 Å². The molecule has 2 rings (SSSR count). The molecule has 0 aliphatic heterocycles. The second-order valence-corrected chi connectivity index (χ2v) is 5.65. The molecule has 0 bridgehead atoms. The van der Waals surface area contributed by atoms with Gasteiger partial charge in [-0.1, -0.05) is 0 Å². The quantitative estimate of drug-likeness (QED) is 0.429. The second-order valence-electron chi connectivity index (χ2n) is 4.80. The number of carbonyl (C=O) groups is 1. The number of hydrogen-bond donors (Lipinski definition) is 1. The van der Waals surface area contributed by atoms with Gasteiger partial charge in [0.05, 0.1) is 21.4 Å². The largest absolute Gasteiger partial charge is 0.483 e. The average molecular weight is 408 g/mol. The predicted octanol–water partition coefficient (Wildman–Crippen LogP) is 3.53. The molecule has 0 unspecified atom stereocenters. The molecule has 0 aliphatic carbocycles. The number of carbonyl (C=O) groups excluding carboxylic acids is 1. The molecule has 0 fully saturated rings. The van der Waals surface area contributed by atoms with Crippen molar-refractivity contribution in [2.24, 2.45) is 5.10 Å². The van der Waals surface area contributed by atoms with E-state index in [2.05, 4.69) is 26.5 Å². The van der Waals surface area contributed by atoms with Gasteiger partial charge in [-0.05, 0) is 53.2 Å². The first-order valence-electron chi connectivity index (χ1n) is 7.07. The Morgan fingerprint density at radius 2 is 2.28 bits per heavy atom. The first-order chi connectivity index (χ1) is 12.0. The molecule has 1 heterocycles. The van der Waals surface area contributed by atoms with Gasteiger partial charge in [0.2, 0.25) is 0 Å². The van der Waals surface area contributed by atoms with Crippen LogP contribution in [0.25, 0.3) is 6.08 Å². The molecular formula is C16H14BrN3O5. The minimum atomic E-state index is -0.519. The van der Waals surface area contributed by atoms with E-state index >= 15 is 0 Å². The Hall–Kier alpha value is -2.94. The fraction of sp³-hybridized carbons (Fsp3) is 0.125. The minimum absolute atomic E-state index is 0.0766. The van der Waals surface area contributed by atoms with Crippen molar-refractivity contribution in [2.75, 3.05) is 6.61 Å². The third kappa shape index (κ3) is 5.88. The number of ether oxygens (including phenoxy) is 1. The van der Waals surface area contributed by atoms with Crippen LogP contribution in [0.1, 0.15) is 12.7 Å². The van der Waals surface area contributed by atoms with E-state index in [1.54, 1.807) is 37.5 Å². The number of nitrogens with zero attached hydrogens (tertiary/aromatic N) is 2. The third-order valence-corrected chi connectivity index (χ3v) is 3.49. The van der Waals surface area contributed by atoms with Crippen LogP contribution in [-0.2, 0) is 4.79 Å². The van der Waals surface area contributed by atoms with Crippen molar-refractivity contribution in [1.29, 1.82) is 0 Å². The van der Waals surface area contributed by atoms with Crippen molar-refractivity contribution in [3.8, 4) is 5.75 Å². The molecule has 130 valence electrons. The Labute approximate surface area is 151 Å². The van der Waals surface area contributed by atoms with Crippen LogP contribution >= 0.6 is 15.9 Å². The fourth-order valence-electron chi connectivity index (χ4n) is 1.67. The van der Waals surface area contributed by atoms with Crippen molar-refractivity contribution < 1.29 is 18.9 Å². The maximum Gasteiger partial charge on any atom is 0.277 e. The van der Waals surface area contributed by atoms with Gasteiger partial charge >= 0.3 is 0 Å². The molecule has 25 heavy (non-hydrogen) atoms. The summed E-state index contributed by atoms with van der Waals surface area (Å²) in [4.78, 5) is 21.9. The van der Waals surface area contributed by atoms with Crippen molar-refractivity contribution in [3.05, 3.63) is 63.0 Å². The Balaban J connectivity index is 1.84.